The van der Waals surface area contributed by atoms with Crippen LogP contribution in [-0.4, -0.2) is 14.4 Å². The summed E-state index contributed by atoms with van der Waals surface area (Å²) in [5.41, 5.74) is 11.0. The van der Waals surface area contributed by atoms with Gasteiger partial charge in [-0.3, -0.25) is 9.38 Å². The van der Waals surface area contributed by atoms with Crippen LogP contribution < -0.4 is 0 Å². The smallest absolute Gasteiger partial charge is 0.147 e. The second-order valence-electron chi connectivity index (χ2n) is 10.8. The predicted octanol–water partition coefficient (Wildman–Crippen LogP) is 7.76. The molecule has 3 heteroatoms. The largest absolute Gasteiger partial charge is 0.295 e. The van der Waals surface area contributed by atoms with Crippen molar-refractivity contribution in [3.63, 3.8) is 0 Å². The Morgan fingerprint density at radius 3 is 2.23 bits per heavy atom. The lowest BCUT2D eigenvalue weighted by molar-refractivity contribution is 0.413. The maximum absolute atomic E-state index is 5.18. The van der Waals surface area contributed by atoms with E-state index in [2.05, 4.69) is 84.1 Å². The molecule has 4 aromatic rings. The number of hydrogen-bond acceptors (Lipinski definition) is 2. The van der Waals surface area contributed by atoms with Crippen LogP contribution in [0.1, 0.15) is 95.8 Å². The van der Waals surface area contributed by atoms with Crippen molar-refractivity contribution in [2.24, 2.45) is 0 Å². The number of imidazole rings is 1. The summed E-state index contributed by atoms with van der Waals surface area (Å²) in [6.07, 6.45) is 1.13. The minimum absolute atomic E-state index is 0.0119. The average Bonchev–Trinajstić information content (AvgIpc) is 3.04. The summed E-state index contributed by atoms with van der Waals surface area (Å²) in [6.45, 7) is 22.2. The molecule has 5 rings (SSSR count). The van der Waals surface area contributed by atoms with Gasteiger partial charge in [0.25, 0.3) is 0 Å². The van der Waals surface area contributed by atoms with Crippen molar-refractivity contribution in [2.45, 2.75) is 92.4 Å². The standard InChI is InChI=1S/C26H31N3.C2H6/c1-14-9-18-20(10-15(14)2)29-22(25(4,5)6)12-19-23(24(29)28-18)17-11-21(27-19)26(7,8)13-16(17)3;1-2/h9-12,16H,13H2,1-8H3;1-2H3. The molecule has 0 fully saturated rings. The highest BCUT2D eigenvalue weighted by molar-refractivity contribution is 6.00. The van der Waals surface area contributed by atoms with E-state index in [0.717, 1.165) is 23.1 Å². The first-order valence-electron chi connectivity index (χ1n) is 11.8. The van der Waals surface area contributed by atoms with Gasteiger partial charge in [0.2, 0.25) is 0 Å². The van der Waals surface area contributed by atoms with Gasteiger partial charge in [-0.2, -0.15) is 0 Å². The molecule has 1 aromatic carbocycles. The lowest BCUT2D eigenvalue weighted by Gasteiger charge is -2.34. The number of aryl methyl sites for hydroxylation is 2. The van der Waals surface area contributed by atoms with Crippen molar-refractivity contribution in [2.75, 3.05) is 0 Å². The van der Waals surface area contributed by atoms with E-state index in [9.17, 15) is 0 Å². The van der Waals surface area contributed by atoms with E-state index >= 15 is 0 Å². The minimum Gasteiger partial charge on any atom is -0.295 e. The zero-order valence-electron chi connectivity index (χ0n) is 20.9. The van der Waals surface area contributed by atoms with Gasteiger partial charge in [-0.25, -0.2) is 4.98 Å². The highest BCUT2D eigenvalue weighted by Crippen LogP contribution is 2.44. The molecule has 1 aliphatic carbocycles. The fourth-order valence-electron chi connectivity index (χ4n) is 5.14. The van der Waals surface area contributed by atoms with Crippen molar-refractivity contribution in [3.05, 3.63) is 52.3 Å². The number of hydrogen-bond donors (Lipinski definition) is 0. The van der Waals surface area contributed by atoms with Crippen molar-refractivity contribution in [1.29, 1.82) is 0 Å². The Morgan fingerprint density at radius 2 is 1.58 bits per heavy atom. The van der Waals surface area contributed by atoms with Crippen LogP contribution in [0.25, 0.3) is 27.6 Å². The molecular weight excluding hydrogens is 378 g/mol. The molecular formula is C28H37N3. The van der Waals surface area contributed by atoms with Crippen molar-refractivity contribution in [1.82, 2.24) is 14.4 Å². The summed E-state index contributed by atoms with van der Waals surface area (Å²) in [4.78, 5) is 10.3. The Bertz CT molecular complexity index is 1320. The summed E-state index contributed by atoms with van der Waals surface area (Å²) in [7, 11) is 0. The third-order valence-electron chi connectivity index (χ3n) is 6.90. The van der Waals surface area contributed by atoms with Gasteiger partial charge in [-0.15, -0.1) is 0 Å². The van der Waals surface area contributed by atoms with Gasteiger partial charge in [0.1, 0.15) is 5.65 Å². The molecule has 0 spiro atoms. The lowest BCUT2D eigenvalue weighted by atomic mass is 9.72. The maximum atomic E-state index is 5.18. The molecule has 2 bridgehead atoms. The Kier molecular flexibility index (Phi) is 4.96. The summed E-state index contributed by atoms with van der Waals surface area (Å²) < 4.78 is 2.40. The summed E-state index contributed by atoms with van der Waals surface area (Å²) >= 11 is 0. The van der Waals surface area contributed by atoms with Crippen LogP contribution in [0.15, 0.2) is 24.3 Å². The highest BCUT2D eigenvalue weighted by atomic mass is 15.0. The van der Waals surface area contributed by atoms with Crippen molar-refractivity contribution < 1.29 is 0 Å². The molecule has 3 heterocycles. The molecule has 1 unspecified atom stereocenters. The molecule has 0 saturated carbocycles. The van der Waals surface area contributed by atoms with Gasteiger partial charge in [0.05, 0.1) is 16.6 Å². The summed E-state index contributed by atoms with van der Waals surface area (Å²) in [6, 6.07) is 9.18. The fourth-order valence-corrected chi connectivity index (χ4v) is 5.14. The second-order valence-corrected chi connectivity index (χ2v) is 10.8. The number of nitrogens with zero attached hydrogens (tertiary/aromatic N) is 3. The van der Waals surface area contributed by atoms with Crippen LogP contribution in [0.3, 0.4) is 0 Å². The van der Waals surface area contributed by atoms with Crippen LogP contribution in [0, 0.1) is 13.8 Å². The minimum atomic E-state index is -0.0119. The molecule has 0 radical (unpaired) electrons. The Balaban J connectivity index is 0.00000112. The Morgan fingerprint density at radius 1 is 0.935 bits per heavy atom. The molecule has 1 aliphatic rings. The van der Waals surface area contributed by atoms with Crippen molar-refractivity contribution in [3.8, 4) is 0 Å². The molecule has 164 valence electrons. The van der Waals surface area contributed by atoms with Crippen molar-refractivity contribution >= 4 is 27.6 Å². The first kappa shape index (κ1) is 21.8. The number of aromatic nitrogens is 3. The molecule has 31 heavy (non-hydrogen) atoms. The molecule has 3 nitrogen and oxygen atoms in total. The van der Waals surface area contributed by atoms with Crippen LogP contribution >= 0.6 is 0 Å². The molecule has 3 aromatic heterocycles. The van der Waals surface area contributed by atoms with E-state index in [1.165, 1.54) is 39.0 Å². The molecule has 0 saturated heterocycles. The van der Waals surface area contributed by atoms with Gasteiger partial charge < -0.3 is 0 Å². The summed E-state index contributed by atoms with van der Waals surface area (Å²) in [5.74, 6) is 0.496. The number of rotatable bonds is 0. The van der Waals surface area contributed by atoms with E-state index in [-0.39, 0.29) is 10.8 Å². The van der Waals surface area contributed by atoms with E-state index in [1.54, 1.807) is 0 Å². The molecule has 1 atom stereocenters. The monoisotopic (exact) mass is 415 g/mol. The molecule has 0 amide bonds. The normalized spacial score (nSPS) is 17.8. The SMILES string of the molecule is CC.Cc1cc2nc3c4c5cc(nc4cc(C(C)(C)C)n3c2cc1C)C(C)(C)CC5C. The number of pyridine rings is 2. The first-order chi connectivity index (χ1) is 14.5. The van der Waals surface area contributed by atoms with Gasteiger partial charge >= 0.3 is 0 Å². The van der Waals surface area contributed by atoms with E-state index < -0.39 is 0 Å². The van der Waals surface area contributed by atoms with Gasteiger partial charge in [0, 0.05) is 27.6 Å². The first-order valence-corrected chi connectivity index (χ1v) is 11.8. The maximum Gasteiger partial charge on any atom is 0.147 e. The second kappa shape index (κ2) is 7.05. The third-order valence-corrected chi connectivity index (χ3v) is 6.90. The highest BCUT2D eigenvalue weighted by Gasteiger charge is 2.34. The number of benzene rings is 1. The zero-order chi connectivity index (χ0) is 22.9. The zero-order valence-corrected chi connectivity index (χ0v) is 20.9. The fraction of sp³-hybridized carbons (Fsp3) is 0.500. The van der Waals surface area contributed by atoms with Gasteiger partial charge in [-0.05, 0) is 67.1 Å². The van der Waals surface area contributed by atoms with Crippen LogP contribution in [-0.2, 0) is 10.8 Å². The van der Waals surface area contributed by atoms with Gasteiger partial charge in [0.15, 0.2) is 0 Å². The topological polar surface area (TPSA) is 30.2 Å². The third kappa shape index (κ3) is 3.24. The molecule has 0 N–H and O–H groups in total. The molecule has 0 aliphatic heterocycles. The average molecular weight is 416 g/mol. The van der Waals surface area contributed by atoms with E-state index in [4.69, 9.17) is 9.97 Å². The van der Waals surface area contributed by atoms with E-state index in [1.807, 2.05) is 13.8 Å². The Labute approximate surface area is 186 Å². The van der Waals surface area contributed by atoms with Crippen LogP contribution in [0.5, 0.6) is 0 Å². The lowest BCUT2D eigenvalue weighted by Crippen LogP contribution is -2.26. The summed E-state index contributed by atoms with van der Waals surface area (Å²) in [5, 5.41) is 1.23. The predicted molar refractivity (Wildman–Crippen MR) is 134 cm³/mol. The number of fused-ring (bicyclic) bond motifs is 8. The quantitative estimate of drug-likeness (QED) is 0.294. The Hall–Kier alpha value is -2.42. The van der Waals surface area contributed by atoms with Gasteiger partial charge in [-0.1, -0.05) is 55.4 Å². The van der Waals surface area contributed by atoms with E-state index in [0.29, 0.717) is 5.92 Å². The van der Waals surface area contributed by atoms with Crippen LogP contribution in [0.2, 0.25) is 0 Å². The van der Waals surface area contributed by atoms with Crippen LogP contribution in [0.4, 0.5) is 0 Å².